The van der Waals surface area contributed by atoms with E-state index in [9.17, 15) is 9.18 Å². The van der Waals surface area contributed by atoms with Gasteiger partial charge in [-0.25, -0.2) is 24.3 Å². The molecule has 0 radical (unpaired) electrons. The number of rotatable bonds is 5. The monoisotopic (exact) mass is 460 g/mol. The number of aromatic amines is 1. The summed E-state index contributed by atoms with van der Waals surface area (Å²) >= 11 is 0. The summed E-state index contributed by atoms with van der Waals surface area (Å²) in [7, 11) is 1.79. The van der Waals surface area contributed by atoms with E-state index in [0.717, 1.165) is 35.0 Å². The van der Waals surface area contributed by atoms with Crippen LogP contribution >= 0.6 is 0 Å². The van der Waals surface area contributed by atoms with Gasteiger partial charge in [-0.3, -0.25) is 4.79 Å². The number of carbonyl (C=O) groups excluding carboxylic acids is 1. The molecule has 9 nitrogen and oxygen atoms in total. The molecule has 1 saturated heterocycles. The number of amides is 1. The predicted molar refractivity (Wildman–Crippen MR) is 128 cm³/mol. The summed E-state index contributed by atoms with van der Waals surface area (Å²) in [5.41, 5.74) is 2.90. The molecule has 3 aromatic heterocycles. The van der Waals surface area contributed by atoms with E-state index in [4.69, 9.17) is 0 Å². The zero-order valence-electron chi connectivity index (χ0n) is 19.0. The number of hydrogen-bond acceptors (Lipinski definition) is 7. The highest BCUT2D eigenvalue weighted by Crippen LogP contribution is 2.29. The van der Waals surface area contributed by atoms with E-state index in [0.29, 0.717) is 36.4 Å². The van der Waals surface area contributed by atoms with E-state index in [1.54, 1.807) is 25.4 Å². The Morgan fingerprint density at radius 1 is 1.18 bits per heavy atom. The number of aromatic nitrogens is 5. The number of aryl methyl sites for hydroxylation is 1. The van der Waals surface area contributed by atoms with Gasteiger partial charge in [0.05, 0.1) is 5.69 Å². The second-order valence-corrected chi connectivity index (χ2v) is 8.37. The Hall–Kier alpha value is -4.08. The van der Waals surface area contributed by atoms with Crippen molar-refractivity contribution in [1.82, 2.24) is 29.8 Å². The lowest BCUT2D eigenvalue weighted by Crippen LogP contribution is -2.39. The molecule has 1 amide bonds. The van der Waals surface area contributed by atoms with Crippen LogP contribution in [0.3, 0.4) is 0 Å². The fraction of sp³-hybridized carbons (Fsp3) is 0.292. The van der Waals surface area contributed by atoms with Crippen LogP contribution in [-0.2, 0) is 0 Å². The molecule has 4 aromatic rings. The smallest absolute Gasteiger partial charge is 0.270 e. The minimum absolute atomic E-state index is 0.0770. The summed E-state index contributed by atoms with van der Waals surface area (Å²) in [6, 6.07) is 8.18. The zero-order chi connectivity index (χ0) is 23.7. The SMILES string of the molecule is CNc1cc(Nc2nccc(C3CCCN(C(=O)c4[nH]c5ccc(F)cc5c4C)C3)n2)ncn1. The van der Waals surface area contributed by atoms with Gasteiger partial charge in [0.2, 0.25) is 5.95 Å². The molecule has 5 rings (SSSR count). The van der Waals surface area contributed by atoms with Crippen LogP contribution in [0.4, 0.5) is 22.0 Å². The first-order valence-electron chi connectivity index (χ1n) is 11.2. The molecule has 3 N–H and O–H groups in total. The fourth-order valence-electron chi connectivity index (χ4n) is 4.41. The number of halogens is 1. The first kappa shape index (κ1) is 21.7. The number of anilines is 3. The lowest BCUT2D eigenvalue weighted by molar-refractivity contribution is 0.0700. The highest BCUT2D eigenvalue weighted by molar-refractivity contribution is 6.01. The Morgan fingerprint density at radius 2 is 2.03 bits per heavy atom. The molecule has 0 saturated carbocycles. The summed E-state index contributed by atoms with van der Waals surface area (Å²) in [4.78, 5) is 35.7. The van der Waals surface area contributed by atoms with Crippen molar-refractivity contribution >= 4 is 34.4 Å². The van der Waals surface area contributed by atoms with Crippen LogP contribution in [-0.4, -0.2) is 55.9 Å². The number of nitrogens with zero attached hydrogens (tertiary/aromatic N) is 5. The molecule has 10 heteroatoms. The Labute approximate surface area is 195 Å². The van der Waals surface area contributed by atoms with Crippen molar-refractivity contribution in [3.63, 3.8) is 0 Å². The van der Waals surface area contributed by atoms with Crippen LogP contribution in [0.5, 0.6) is 0 Å². The van der Waals surface area contributed by atoms with E-state index in [1.807, 2.05) is 17.9 Å². The molecule has 34 heavy (non-hydrogen) atoms. The van der Waals surface area contributed by atoms with Crippen molar-refractivity contribution in [3.05, 3.63) is 65.6 Å². The number of likely N-dealkylation sites (tertiary alicyclic amines) is 1. The summed E-state index contributed by atoms with van der Waals surface area (Å²) in [5, 5.41) is 6.82. The molecule has 1 atom stereocenters. The predicted octanol–water partition coefficient (Wildman–Crippen LogP) is 4.00. The van der Waals surface area contributed by atoms with Gasteiger partial charge in [0.25, 0.3) is 5.91 Å². The van der Waals surface area contributed by atoms with Crippen LogP contribution in [0.2, 0.25) is 0 Å². The first-order valence-corrected chi connectivity index (χ1v) is 11.2. The third-order valence-electron chi connectivity index (χ3n) is 6.20. The van der Waals surface area contributed by atoms with Crippen molar-refractivity contribution in [3.8, 4) is 0 Å². The van der Waals surface area contributed by atoms with E-state index in [-0.39, 0.29) is 17.6 Å². The van der Waals surface area contributed by atoms with Crippen LogP contribution in [0.1, 0.15) is 40.5 Å². The van der Waals surface area contributed by atoms with Gasteiger partial charge in [0, 0.05) is 49.2 Å². The van der Waals surface area contributed by atoms with Gasteiger partial charge in [-0.15, -0.1) is 0 Å². The van der Waals surface area contributed by atoms with E-state index in [2.05, 4.69) is 35.6 Å². The van der Waals surface area contributed by atoms with Gasteiger partial charge in [-0.1, -0.05) is 0 Å². The van der Waals surface area contributed by atoms with Gasteiger partial charge in [0.1, 0.15) is 29.5 Å². The second-order valence-electron chi connectivity index (χ2n) is 8.37. The Morgan fingerprint density at radius 3 is 2.88 bits per heavy atom. The van der Waals surface area contributed by atoms with E-state index >= 15 is 0 Å². The maximum Gasteiger partial charge on any atom is 0.270 e. The molecular formula is C24H25FN8O. The van der Waals surface area contributed by atoms with Crippen molar-refractivity contribution in [1.29, 1.82) is 0 Å². The van der Waals surface area contributed by atoms with E-state index < -0.39 is 0 Å². The molecule has 0 bridgehead atoms. The van der Waals surface area contributed by atoms with Gasteiger partial charge in [-0.05, 0) is 49.6 Å². The largest absolute Gasteiger partial charge is 0.373 e. The van der Waals surface area contributed by atoms with Crippen molar-refractivity contribution in [2.75, 3.05) is 30.8 Å². The molecule has 1 aliphatic rings. The molecule has 0 spiro atoms. The second kappa shape index (κ2) is 9.05. The third kappa shape index (κ3) is 4.26. The summed E-state index contributed by atoms with van der Waals surface area (Å²) < 4.78 is 13.7. The number of benzene rings is 1. The molecule has 174 valence electrons. The van der Waals surface area contributed by atoms with Gasteiger partial charge < -0.3 is 20.5 Å². The number of H-pyrrole nitrogens is 1. The lowest BCUT2D eigenvalue weighted by atomic mass is 9.94. The molecule has 1 unspecified atom stereocenters. The maximum absolute atomic E-state index is 13.7. The van der Waals surface area contributed by atoms with Crippen molar-refractivity contribution < 1.29 is 9.18 Å². The van der Waals surface area contributed by atoms with Gasteiger partial charge in [-0.2, -0.15) is 0 Å². The topological polar surface area (TPSA) is 112 Å². The average molecular weight is 461 g/mol. The highest BCUT2D eigenvalue weighted by Gasteiger charge is 2.28. The van der Waals surface area contributed by atoms with Crippen LogP contribution in [0, 0.1) is 12.7 Å². The van der Waals surface area contributed by atoms with Crippen LogP contribution < -0.4 is 10.6 Å². The standard InChI is InChI=1S/C24H25FN8O/c1-14-17-10-16(25)5-6-19(17)30-22(14)23(34)33-9-3-4-15(12-33)18-7-8-27-24(31-18)32-21-11-20(26-2)28-13-29-21/h5-8,10-11,13,15,30H,3-4,9,12H2,1-2H3,(H2,26,27,28,29,31,32). The normalized spacial score (nSPS) is 16.0. The number of hydrogen-bond donors (Lipinski definition) is 3. The van der Waals surface area contributed by atoms with Gasteiger partial charge in [0.15, 0.2) is 0 Å². The summed E-state index contributed by atoms with van der Waals surface area (Å²) in [6.07, 6.45) is 4.97. The summed E-state index contributed by atoms with van der Waals surface area (Å²) in [5.74, 6) is 1.40. The van der Waals surface area contributed by atoms with E-state index in [1.165, 1.54) is 18.5 Å². The third-order valence-corrected chi connectivity index (χ3v) is 6.20. The number of piperidine rings is 1. The number of carbonyl (C=O) groups is 1. The maximum atomic E-state index is 13.7. The Kier molecular flexibility index (Phi) is 5.79. The molecule has 1 aromatic carbocycles. The molecular weight excluding hydrogens is 435 g/mol. The zero-order valence-corrected chi connectivity index (χ0v) is 19.0. The van der Waals surface area contributed by atoms with Gasteiger partial charge >= 0.3 is 0 Å². The molecule has 1 fully saturated rings. The number of fused-ring (bicyclic) bond motifs is 1. The minimum Gasteiger partial charge on any atom is -0.373 e. The highest BCUT2D eigenvalue weighted by atomic mass is 19.1. The fourth-order valence-corrected chi connectivity index (χ4v) is 4.41. The van der Waals surface area contributed by atoms with Crippen molar-refractivity contribution in [2.24, 2.45) is 0 Å². The quantitative estimate of drug-likeness (QED) is 0.413. The summed E-state index contributed by atoms with van der Waals surface area (Å²) in [6.45, 7) is 3.07. The molecule has 0 aliphatic carbocycles. The molecule has 1 aliphatic heterocycles. The Balaban J connectivity index is 1.34. The lowest BCUT2D eigenvalue weighted by Gasteiger charge is -2.32. The number of nitrogens with one attached hydrogen (secondary N) is 3. The first-order chi connectivity index (χ1) is 16.5. The van der Waals surface area contributed by atoms with Crippen LogP contribution in [0.25, 0.3) is 10.9 Å². The average Bonchev–Trinajstić information content (AvgIpc) is 3.19. The van der Waals surface area contributed by atoms with Crippen LogP contribution in [0.15, 0.2) is 42.9 Å². The minimum atomic E-state index is -0.316. The molecule has 4 heterocycles. The Bertz CT molecular complexity index is 1350. The van der Waals surface area contributed by atoms with Crippen molar-refractivity contribution in [2.45, 2.75) is 25.7 Å².